The molecule has 1 aliphatic rings. The van der Waals surface area contributed by atoms with Crippen LogP contribution in [0.5, 0.6) is 0 Å². The summed E-state index contributed by atoms with van der Waals surface area (Å²) in [7, 11) is -0.971. The number of rotatable bonds is 7. The molecule has 0 saturated carbocycles. The van der Waals surface area contributed by atoms with Crippen molar-refractivity contribution in [2.75, 3.05) is 18.5 Å². The zero-order valence-electron chi connectivity index (χ0n) is 16.9. The fourth-order valence-electron chi connectivity index (χ4n) is 2.24. The molecule has 0 aliphatic heterocycles. The minimum absolute atomic E-state index is 0. The van der Waals surface area contributed by atoms with Crippen molar-refractivity contribution in [2.45, 2.75) is 54.9 Å². The molecule has 1 rings (SSSR count). The third-order valence-electron chi connectivity index (χ3n) is 3.96. The van der Waals surface area contributed by atoms with Crippen LogP contribution in [0.1, 0.15) is 54.9 Å². The predicted octanol–water partition coefficient (Wildman–Crippen LogP) is 7.50. The molecule has 0 atom stereocenters. The topological polar surface area (TPSA) is 12.4 Å². The average Bonchev–Trinajstić information content (AvgIpc) is 3.02. The summed E-state index contributed by atoms with van der Waals surface area (Å²) in [6.45, 7) is 15.6. The Morgan fingerprint density at radius 3 is 1.71 bits per heavy atom. The van der Waals surface area contributed by atoms with Crippen LogP contribution in [0.2, 0.25) is 0 Å². The molecule has 0 saturated heterocycles. The van der Waals surface area contributed by atoms with Gasteiger partial charge in [-0.2, -0.15) is 0 Å². The number of nitrogens with zero attached hydrogens (tertiary/aromatic N) is 1. The van der Waals surface area contributed by atoms with Crippen LogP contribution in [0.4, 0.5) is 0 Å². The van der Waals surface area contributed by atoms with E-state index in [2.05, 4.69) is 91.0 Å². The molecule has 0 aromatic rings. The summed E-state index contributed by atoms with van der Waals surface area (Å²) >= 11 is 0. The van der Waals surface area contributed by atoms with E-state index in [-0.39, 0.29) is 21.7 Å². The Hall–Kier alpha value is -0.0957. The Labute approximate surface area is 166 Å². The largest absolute Gasteiger partial charge is 0.272 e. The fraction of sp³-hybridized carbons (Fsp3) is 0.619. The van der Waals surface area contributed by atoms with Crippen molar-refractivity contribution in [3.05, 3.63) is 48.2 Å². The van der Waals surface area contributed by atoms with Crippen molar-refractivity contribution < 1.29 is 21.7 Å². The first-order chi connectivity index (χ1) is 10.9. The number of hydrogen-bond acceptors (Lipinski definition) is 1. The van der Waals surface area contributed by atoms with E-state index in [0.29, 0.717) is 11.8 Å². The van der Waals surface area contributed by atoms with Crippen molar-refractivity contribution in [2.24, 2.45) is 16.6 Å². The molecule has 0 heterocycles. The fourth-order valence-corrected chi connectivity index (χ4v) is 4.70. The van der Waals surface area contributed by atoms with Gasteiger partial charge in [0.25, 0.3) is 0 Å². The zero-order chi connectivity index (χ0) is 17.7. The molecule has 24 heavy (non-hydrogen) atoms. The summed E-state index contributed by atoms with van der Waals surface area (Å²) in [4.78, 5) is 0. The first-order valence-electron chi connectivity index (χ1n) is 9.19. The van der Waals surface area contributed by atoms with Gasteiger partial charge in [-0.05, 0) is 43.5 Å². The van der Waals surface area contributed by atoms with Gasteiger partial charge in [0.1, 0.15) is 0 Å². The van der Waals surface area contributed by atoms with Crippen LogP contribution < -0.4 is 0 Å². The smallest absolute Gasteiger partial charge is 0.0425 e. The average molecular weight is 383 g/mol. The summed E-state index contributed by atoms with van der Waals surface area (Å²) < 4.78 is 4.97. The molecule has 3 heteroatoms. The van der Waals surface area contributed by atoms with Crippen molar-refractivity contribution in [3.63, 3.8) is 0 Å². The van der Waals surface area contributed by atoms with E-state index in [1.54, 1.807) is 0 Å². The molecular weight excluding hydrogens is 345 g/mol. The molecule has 0 bridgehead atoms. The Morgan fingerprint density at radius 1 is 0.958 bits per heavy atom. The minimum Gasteiger partial charge on any atom is -0.272 e. The van der Waals surface area contributed by atoms with E-state index in [0.717, 1.165) is 6.42 Å². The molecule has 0 aromatic carbocycles. The predicted molar refractivity (Wildman–Crippen MR) is 111 cm³/mol. The minimum atomic E-state index is -0.971. The molecule has 0 fully saturated rings. The van der Waals surface area contributed by atoms with Gasteiger partial charge in [-0.3, -0.25) is 4.74 Å². The first kappa shape index (κ1) is 26.1. The van der Waals surface area contributed by atoms with Gasteiger partial charge in [0.15, 0.2) is 0 Å². The van der Waals surface area contributed by atoms with E-state index < -0.39 is 7.05 Å². The Morgan fingerprint density at radius 2 is 1.42 bits per heavy atom. The van der Waals surface area contributed by atoms with Crippen LogP contribution in [0, 0.1) is 11.8 Å². The Balaban J connectivity index is 0. The summed E-state index contributed by atoms with van der Waals surface area (Å²) in [6, 6.07) is 0. The molecule has 0 aromatic heterocycles. The van der Waals surface area contributed by atoms with Gasteiger partial charge >= 0.3 is 0 Å². The first-order valence-corrected chi connectivity index (χ1v) is 11.5. The molecule has 136 valence electrons. The van der Waals surface area contributed by atoms with E-state index in [9.17, 15) is 0 Å². The molecule has 0 spiro atoms. The number of hydrogen-bond donors (Lipinski definition) is 0. The maximum absolute atomic E-state index is 4.97. The van der Waals surface area contributed by atoms with Gasteiger partial charge in [0, 0.05) is 33.8 Å². The van der Waals surface area contributed by atoms with Crippen LogP contribution in [-0.4, -0.2) is 18.5 Å². The summed E-state index contributed by atoms with van der Waals surface area (Å²) in [6.07, 6.45) is 19.9. The van der Waals surface area contributed by atoms with Crippen molar-refractivity contribution >= 4 is 7.05 Å². The number of allylic oxidation sites excluding steroid dienone is 7. The van der Waals surface area contributed by atoms with Crippen LogP contribution >= 0.6 is 7.05 Å². The second kappa shape index (κ2) is 15.2. The summed E-state index contributed by atoms with van der Waals surface area (Å²) in [5.74, 6) is 1.33. The van der Waals surface area contributed by atoms with Crippen LogP contribution in [0.25, 0.3) is 0 Å². The maximum Gasteiger partial charge on any atom is 0.0425 e. The van der Waals surface area contributed by atoms with E-state index in [4.69, 9.17) is 4.74 Å². The quantitative estimate of drug-likeness (QED) is 0.245. The van der Waals surface area contributed by atoms with Crippen molar-refractivity contribution in [1.29, 1.82) is 0 Å². The molecule has 1 aliphatic carbocycles. The van der Waals surface area contributed by atoms with Crippen molar-refractivity contribution in [1.82, 2.24) is 0 Å². The van der Waals surface area contributed by atoms with E-state index in [1.807, 2.05) is 0 Å². The third-order valence-corrected chi connectivity index (χ3v) is 8.17. The van der Waals surface area contributed by atoms with Gasteiger partial charge < -0.3 is 0 Å². The van der Waals surface area contributed by atoms with Crippen molar-refractivity contribution in [3.8, 4) is 0 Å². The van der Waals surface area contributed by atoms with Crippen LogP contribution in [0.3, 0.4) is 0 Å². The molecule has 1 nitrogen and oxygen atoms in total. The van der Waals surface area contributed by atoms with Gasteiger partial charge in [0.2, 0.25) is 0 Å². The SMILES string of the molecule is CC(C)C=CC=CC(C)C.CCP(CC)(CC)=NC1=CC=CC1.[Ti]. The molecule has 0 radical (unpaired) electrons. The van der Waals surface area contributed by atoms with Gasteiger partial charge in [-0.25, -0.2) is 0 Å². The summed E-state index contributed by atoms with van der Waals surface area (Å²) in [5, 5.41) is 0. The second-order valence-corrected chi connectivity index (χ2v) is 11.0. The van der Waals surface area contributed by atoms with E-state index >= 15 is 0 Å². The van der Waals surface area contributed by atoms with Gasteiger partial charge in [-0.1, -0.05) is 84.9 Å². The van der Waals surface area contributed by atoms with Gasteiger partial charge in [-0.15, -0.1) is 0 Å². The summed E-state index contributed by atoms with van der Waals surface area (Å²) in [5.41, 5.74) is 1.30. The van der Waals surface area contributed by atoms with Crippen LogP contribution in [-0.2, 0) is 21.7 Å². The van der Waals surface area contributed by atoms with E-state index in [1.165, 1.54) is 24.2 Å². The monoisotopic (exact) mass is 383 g/mol. The second-order valence-electron chi connectivity index (χ2n) is 6.69. The zero-order valence-corrected chi connectivity index (χ0v) is 19.4. The third kappa shape index (κ3) is 12.3. The molecular formula is C21H38NPTi. The molecule has 0 unspecified atom stereocenters. The van der Waals surface area contributed by atoms with Gasteiger partial charge in [0.05, 0.1) is 0 Å². The Kier molecular flexibility index (Phi) is 16.5. The van der Waals surface area contributed by atoms with Crippen LogP contribution in [0.15, 0.2) is 53.0 Å². The Bertz CT molecular complexity index is 447. The molecule has 0 N–H and O–H groups in total. The standard InChI is InChI=1S/C11H20NP.C10H18.Ti/c1-4-13(5-2,6-3)12-11-9-7-8-10-11;1-9(2)7-5-6-8-10(3)4;/h7-9H,4-6,10H2,1-3H3;5-10H,1-4H3;. The maximum atomic E-state index is 4.97. The molecule has 0 amide bonds. The normalized spacial score (nSPS) is 14.1.